The van der Waals surface area contributed by atoms with Crippen molar-refractivity contribution in [2.45, 2.75) is 13.0 Å². The molecule has 1 N–H and O–H groups in total. The van der Waals surface area contributed by atoms with E-state index in [9.17, 15) is 4.79 Å². The first-order chi connectivity index (χ1) is 11.7. The number of nitrogens with one attached hydrogen (secondary N) is 1. The lowest BCUT2D eigenvalue weighted by Crippen LogP contribution is -2.45. The topological polar surface area (TPSA) is 41.6 Å². The molecule has 1 aliphatic heterocycles. The summed E-state index contributed by atoms with van der Waals surface area (Å²) in [6.45, 7) is 6.33. The van der Waals surface area contributed by atoms with Gasteiger partial charge in [-0.25, -0.2) is 0 Å². The van der Waals surface area contributed by atoms with Crippen LogP contribution in [0.4, 0.5) is 0 Å². The molecule has 1 saturated heterocycles. The van der Waals surface area contributed by atoms with Gasteiger partial charge in [0.2, 0.25) is 5.91 Å². The van der Waals surface area contributed by atoms with Gasteiger partial charge in [0.05, 0.1) is 13.2 Å². The quantitative estimate of drug-likeness (QED) is 0.860. The van der Waals surface area contributed by atoms with Crippen LogP contribution in [-0.2, 0) is 9.53 Å². The predicted octanol–water partition coefficient (Wildman–Crippen LogP) is 2.69. The van der Waals surface area contributed by atoms with Crippen molar-refractivity contribution in [1.29, 1.82) is 0 Å². The highest BCUT2D eigenvalue weighted by Gasteiger charge is 2.14. The summed E-state index contributed by atoms with van der Waals surface area (Å²) in [6.07, 6.45) is 3.51. The zero-order chi connectivity index (χ0) is 16.8. The fourth-order valence-corrected chi connectivity index (χ4v) is 3.07. The molecule has 1 fully saturated rings. The van der Waals surface area contributed by atoms with Gasteiger partial charge in [0.15, 0.2) is 0 Å². The van der Waals surface area contributed by atoms with E-state index >= 15 is 0 Å². The van der Waals surface area contributed by atoms with E-state index in [1.165, 1.54) is 5.39 Å². The molecule has 0 aromatic heterocycles. The molecule has 0 aliphatic carbocycles. The number of ether oxygens (including phenoxy) is 1. The molecule has 2 aromatic rings. The third kappa shape index (κ3) is 4.43. The molecule has 1 amide bonds. The molecule has 0 unspecified atom stereocenters. The van der Waals surface area contributed by atoms with Crippen LogP contribution in [0.5, 0.6) is 0 Å². The molecular formula is C20H24N2O2. The van der Waals surface area contributed by atoms with Gasteiger partial charge in [0.25, 0.3) is 0 Å². The number of carbonyl (C=O) groups is 1. The Hall–Kier alpha value is -2.17. The number of morpholine rings is 1. The number of hydrogen-bond donors (Lipinski definition) is 1. The second-order valence-electron chi connectivity index (χ2n) is 6.22. The molecule has 1 heterocycles. The Kier molecular flexibility index (Phi) is 5.62. The number of nitrogens with zero attached hydrogens (tertiary/aromatic N) is 1. The molecule has 0 spiro atoms. The maximum absolute atomic E-state index is 12.2. The molecule has 0 radical (unpaired) electrons. The number of rotatable bonds is 5. The van der Waals surface area contributed by atoms with Gasteiger partial charge in [0.1, 0.15) is 0 Å². The Morgan fingerprint density at radius 3 is 2.79 bits per heavy atom. The third-order valence-corrected chi connectivity index (χ3v) is 4.26. The zero-order valence-corrected chi connectivity index (χ0v) is 14.1. The van der Waals surface area contributed by atoms with Crippen LogP contribution in [0.3, 0.4) is 0 Å². The van der Waals surface area contributed by atoms with Crippen molar-refractivity contribution in [3.63, 3.8) is 0 Å². The Bertz CT molecular complexity index is 715. The first kappa shape index (κ1) is 16.7. The zero-order valence-electron chi connectivity index (χ0n) is 14.1. The Morgan fingerprint density at radius 2 is 1.96 bits per heavy atom. The number of benzene rings is 2. The fourth-order valence-electron chi connectivity index (χ4n) is 3.07. The molecule has 0 bridgehead atoms. The van der Waals surface area contributed by atoms with Crippen molar-refractivity contribution in [2.75, 3.05) is 32.8 Å². The van der Waals surface area contributed by atoms with Gasteiger partial charge in [-0.05, 0) is 29.3 Å². The van der Waals surface area contributed by atoms with Gasteiger partial charge in [-0.1, -0.05) is 42.5 Å². The summed E-state index contributed by atoms with van der Waals surface area (Å²) >= 11 is 0. The standard InChI is InChI=1S/C20H24N2O2/c1-16(15-22-11-13-24-14-12-22)21-20(23)10-9-18-7-4-6-17-5-2-3-8-19(17)18/h2-10,16H,11-15H2,1H3,(H,21,23)/b10-9-/t16-/m1/s1. The summed E-state index contributed by atoms with van der Waals surface area (Å²) in [5.41, 5.74) is 1.06. The predicted molar refractivity (Wildman–Crippen MR) is 97.8 cm³/mol. The van der Waals surface area contributed by atoms with E-state index < -0.39 is 0 Å². The van der Waals surface area contributed by atoms with Crippen LogP contribution < -0.4 is 5.32 Å². The highest BCUT2D eigenvalue weighted by atomic mass is 16.5. The molecule has 2 aromatic carbocycles. The number of amides is 1. The first-order valence-corrected chi connectivity index (χ1v) is 8.49. The molecule has 1 aliphatic rings. The third-order valence-electron chi connectivity index (χ3n) is 4.26. The SMILES string of the molecule is C[C@H](CN1CCOCC1)NC(=O)/C=C\c1cccc2ccccc12. The molecule has 3 rings (SSSR count). The number of hydrogen-bond acceptors (Lipinski definition) is 3. The van der Waals surface area contributed by atoms with Crippen LogP contribution >= 0.6 is 0 Å². The first-order valence-electron chi connectivity index (χ1n) is 8.49. The van der Waals surface area contributed by atoms with Gasteiger partial charge >= 0.3 is 0 Å². The summed E-state index contributed by atoms with van der Waals surface area (Å²) in [5, 5.41) is 5.38. The van der Waals surface area contributed by atoms with Crippen LogP contribution in [0, 0.1) is 0 Å². The van der Waals surface area contributed by atoms with Crippen molar-refractivity contribution < 1.29 is 9.53 Å². The second kappa shape index (κ2) is 8.08. The smallest absolute Gasteiger partial charge is 0.244 e. The van der Waals surface area contributed by atoms with Crippen molar-refractivity contribution in [3.05, 3.63) is 54.1 Å². The van der Waals surface area contributed by atoms with Crippen molar-refractivity contribution >= 4 is 22.8 Å². The number of carbonyl (C=O) groups excluding carboxylic acids is 1. The lowest BCUT2D eigenvalue weighted by molar-refractivity contribution is -0.117. The minimum Gasteiger partial charge on any atom is -0.379 e. The van der Waals surface area contributed by atoms with Crippen molar-refractivity contribution in [2.24, 2.45) is 0 Å². The average molecular weight is 324 g/mol. The molecule has 126 valence electrons. The van der Waals surface area contributed by atoms with Crippen LogP contribution in [0.15, 0.2) is 48.5 Å². The summed E-state index contributed by atoms with van der Waals surface area (Å²) in [7, 11) is 0. The molecule has 4 nitrogen and oxygen atoms in total. The summed E-state index contributed by atoms with van der Waals surface area (Å²) < 4.78 is 5.34. The largest absolute Gasteiger partial charge is 0.379 e. The highest BCUT2D eigenvalue weighted by molar-refractivity contribution is 5.96. The monoisotopic (exact) mass is 324 g/mol. The molecular weight excluding hydrogens is 300 g/mol. The minimum atomic E-state index is -0.0521. The molecule has 24 heavy (non-hydrogen) atoms. The average Bonchev–Trinajstić information content (AvgIpc) is 2.60. The molecule has 0 saturated carbocycles. The molecule has 4 heteroatoms. The van der Waals surface area contributed by atoms with Crippen LogP contribution in [-0.4, -0.2) is 49.7 Å². The minimum absolute atomic E-state index is 0.0521. The maximum Gasteiger partial charge on any atom is 0.244 e. The second-order valence-corrected chi connectivity index (χ2v) is 6.22. The lowest BCUT2D eigenvalue weighted by Gasteiger charge is -2.29. The van der Waals surface area contributed by atoms with Crippen molar-refractivity contribution in [1.82, 2.24) is 10.2 Å². The van der Waals surface area contributed by atoms with E-state index in [1.54, 1.807) is 6.08 Å². The van der Waals surface area contributed by atoms with E-state index in [1.807, 2.05) is 37.3 Å². The van der Waals surface area contributed by atoms with E-state index in [0.29, 0.717) is 0 Å². The summed E-state index contributed by atoms with van der Waals surface area (Å²) in [4.78, 5) is 14.5. The van der Waals surface area contributed by atoms with Gasteiger partial charge in [-0.3, -0.25) is 9.69 Å². The van der Waals surface area contributed by atoms with E-state index in [2.05, 4.69) is 28.4 Å². The van der Waals surface area contributed by atoms with Crippen molar-refractivity contribution in [3.8, 4) is 0 Å². The van der Waals surface area contributed by atoms with Crippen LogP contribution in [0.1, 0.15) is 12.5 Å². The number of fused-ring (bicyclic) bond motifs is 1. The lowest BCUT2D eigenvalue weighted by atomic mass is 10.0. The van der Waals surface area contributed by atoms with E-state index in [-0.39, 0.29) is 11.9 Å². The Labute approximate surface area is 143 Å². The molecule has 1 atom stereocenters. The van der Waals surface area contributed by atoms with E-state index in [0.717, 1.165) is 43.8 Å². The highest BCUT2D eigenvalue weighted by Crippen LogP contribution is 2.19. The Balaban J connectivity index is 1.58. The van der Waals surface area contributed by atoms with Gasteiger partial charge in [0, 0.05) is 31.8 Å². The maximum atomic E-state index is 12.2. The fraction of sp³-hybridized carbons (Fsp3) is 0.350. The van der Waals surface area contributed by atoms with Gasteiger partial charge in [-0.2, -0.15) is 0 Å². The normalized spacial score (nSPS) is 17.2. The summed E-state index contributed by atoms with van der Waals surface area (Å²) in [5.74, 6) is -0.0521. The van der Waals surface area contributed by atoms with Crippen LogP contribution in [0.25, 0.3) is 16.8 Å². The van der Waals surface area contributed by atoms with E-state index in [4.69, 9.17) is 4.74 Å². The summed E-state index contributed by atoms with van der Waals surface area (Å²) in [6, 6.07) is 14.4. The van der Waals surface area contributed by atoms with Gasteiger partial charge < -0.3 is 10.1 Å². The Morgan fingerprint density at radius 1 is 1.21 bits per heavy atom. The van der Waals surface area contributed by atoms with Crippen LogP contribution in [0.2, 0.25) is 0 Å². The van der Waals surface area contributed by atoms with Gasteiger partial charge in [-0.15, -0.1) is 0 Å².